The van der Waals surface area contributed by atoms with Gasteiger partial charge in [0.1, 0.15) is 11.8 Å². The van der Waals surface area contributed by atoms with Gasteiger partial charge in [-0.1, -0.05) is 25.1 Å². The summed E-state index contributed by atoms with van der Waals surface area (Å²) in [5.41, 5.74) is 1.99. The maximum absolute atomic E-state index is 13.7. The van der Waals surface area contributed by atoms with Crippen LogP contribution in [0.3, 0.4) is 0 Å². The first-order chi connectivity index (χ1) is 13.7. The van der Waals surface area contributed by atoms with Gasteiger partial charge < -0.3 is 14.4 Å². The maximum Gasteiger partial charge on any atom is 0.244 e. The molecule has 1 amide bonds. The number of hydrogen-bond donors (Lipinski definition) is 0. The smallest absolute Gasteiger partial charge is 0.244 e. The highest BCUT2D eigenvalue weighted by atomic mass is 16.5. The predicted octanol–water partition coefficient (Wildman–Crippen LogP) is 2.90. The van der Waals surface area contributed by atoms with E-state index >= 15 is 0 Å². The summed E-state index contributed by atoms with van der Waals surface area (Å²) in [5, 5.41) is 0. The minimum Gasteiger partial charge on any atom is -0.497 e. The van der Waals surface area contributed by atoms with E-state index in [1.807, 2.05) is 41.3 Å². The highest BCUT2D eigenvalue weighted by Gasteiger charge is 2.32. The van der Waals surface area contributed by atoms with Crippen molar-refractivity contribution in [1.29, 1.82) is 0 Å². The van der Waals surface area contributed by atoms with E-state index in [2.05, 4.69) is 16.8 Å². The molecule has 28 heavy (non-hydrogen) atoms. The van der Waals surface area contributed by atoms with E-state index < -0.39 is 0 Å². The van der Waals surface area contributed by atoms with Crippen LogP contribution in [0.4, 0.5) is 0 Å². The molecule has 0 aliphatic carbocycles. The van der Waals surface area contributed by atoms with Crippen LogP contribution in [-0.4, -0.2) is 60.6 Å². The van der Waals surface area contributed by atoms with Crippen LogP contribution in [0.5, 0.6) is 5.75 Å². The Kier molecular flexibility index (Phi) is 7.39. The molecule has 2 aromatic rings. The Labute approximate surface area is 167 Å². The van der Waals surface area contributed by atoms with Crippen molar-refractivity contribution in [3.8, 4) is 5.75 Å². The SMILES string of the molecule is CCCN(Cc1cccc(OC)c1)C(=O)[C@H](c1cccnc1)N1CCOCC1. The summed E-state index contributed by atoms with van der Waals surface area (Å²) in [7, 11) is 1.66. The molecule has 0 spiro atoms. The first-order valence-corrected chi connectivity index (χ1v) is 9.86. The molecule has 1 aliphatic heterocycles. The quantitative estimate of drug-likeness (QED) is 0.702. The van der Waals surface area contributed by atoms with Crippen LogP contribution in [0.1, 0.15) is 30.5 Å². The van der Waals surface area contributed by atoms with Gasteiger partial charge >= 0.3 is 0 Å². The van der Waals surface area contributed by atoms with Crippen LogP contribution in [0, 0.1) is 0 Å². The number of nitrogens with zero attached hydrogens (tertiary/aromatic N) is 3. The Balaban J connectivity index is 1.86. The van der Waals surface area contributed by atoms with E-state index in [0.717, 1.165) is 36.4 Å². The van der Waals surface area contributed by atoms with Crippen molar-refractivity contribution in [3.05, 3.63) is 59.9 Å². The van der Waals surface area contributed by atoms with Gasteiger partial charge in [-0.2, -0.15) is 0 Å². The van der Waals surface area contributed by atoms with Crippen molar-refractivity contribution in [2.45, 2.75) is 25.9 Å². The maximum atomic E-state index is 13.7. The third-order valence-corrected chi connectivity index (χ3v) is 4.96. The van der Waals surface area contributed by atoms with Gasteiger partial charge in [0.05, 0.1) is 20.3 Å². The molecular weight excluding hydrogens is 354 g/mol. The van der Waals surface area contributed by atoms with E-state index in [4.69, 9.17) is 9.47 Å². The highest BCUT2D eigenvalue weighted by molar-refractivity contribution is 5.83. The van der Waals surface area contributed by atoms with Gasteiger partial charge in [0.15, 0.2) is 0 Å². The topological polar surface area (TPSA) is 54.9 Å². The van der Waals surface area contributed by atoms with Crippen LogP contribution in [0.15, 0.2) is 48.8 Å². The third-order valence-electron chi connectivity index (χ3n) is 4.96. The number of pyridine rings is 1. The van der Waals surface area contributed by atoms with Crippen molar-refractivity contribution in [1.82, 2.24) is 14.8 Å². The van der Waals surface area contributed by atoms with E-state index in [-0.39, 0.29) is 11.9 Å². The molecule has 1 atom stereocenters. The van der Waals surface area contributed by atoms with Gasteiger partial charge in [0.2, 0.25) is 5.91 Å². The molecule has 0 saturated carbocycles. The summed E-state index contributed by atoms with van der Waals surface area (Å²) >= 11 is 0. The predicted molar refractivity (Wildman–Crippen MR) is 108 cm³/mol. The molecule has 0 bridgehead atoms. The fourth-order valence-electron chi connectivity index (χ4n) is 3.58. The van der Waals surface area contributed by atoms with E-state index in [1.54, 1.807) is 19.5 Å². The van der Waals surface area contributed by atoms with Gasteiger partial charge in [0.25, 0.3) is 0 Å². The molecule has 1 fully saturated rings. The lowest BCUT2D eigenvalue weighted by molar-refractivity contribution is -0.140. The zero-order valence-corrected chi connectivity index (χ0v) is 16.7. The monoisotopic (exact) mass is 383 g/mol. The fraction of sp³-hybridized carbons (Fsp3) is 0.455. The normalized spacial score (nSPS) is 15.8. The van der Waals surface area contributed by atoms with E-state index in [1.165, 1.54) is 0 Å². The minimum absolute atomic E-state index is 0.111. The summed E-state index contributed by atoms with van der Waals surface area (Å²) in [6.07, 6.45) is 4.44. The van der Waals surface area contributed by atoms with Crippen LogP contribution >= 0.6 is 0 Å². The summed E-state index contributed by atoms with van der Waals surface area (Å²) in [5.74, 6) is 0.915. The Bertz CT molecular complexity index is 748. The molecule has 1 aromatic carbocycles. The molecule has 150 valence electrons. The summed E-state index contributed by atoms with van der Waals surface area (Å²) in [6.45, 7) is 6.14. The lowest BCUT2D eigenvalue weighted by Gasteiger charge is -2.36. The van der Waals surface area contributed by atoms with Crippen molar-refractivity contribution < 1.29 is 14.3 Å². The van der Waals surface area contributed by atoms with Gasteiger partial charge in [0, 0.05) is 38.6 Å². The third kappa shape index (κ3) is 5.09. The average molecular weight is 383 g/mol. The largest absolute Gasteiger partial charge is 0.497 e. The standard InChI is InChI=1S/C22H29N3O3/c1-3-10-25(17-18-6-4-8-20(15-18)27-2)22(26)21(19-7-5-9-23-16-19)24-11-13-28-14-12-24/h4-9,15-16,21H,3,10-14,17H2,1-2H3/t21-/m0/s1. The van der Waals surface area contributed by atoms with Gasteiger partial charge in [-0.15, -0.1) is 0 Å². The van der Waals surface area contributed by atoms with Gasteiger partial charge in [-0.3, -0.25) is 14.7 Å². The number of carbonyl (C=O) groups excluding carboxylic acids is 1. The van der Waals surface area contributed by atoms with Gasteiger partial charge in [-0.05, 0) is 35.7 Å². The fourth-order valence-corrected chi connectivity index (χ4v) is 3.58. The Morgan fingerprint density at radius 3 is 2.79 bits per heavy atom. The summed E-state index contributed by atoms with van der Waals surface area (Å²) in [6, 6.07) is 11.4. The van der Waals surface area contributed by atoms with Gasteiger partial charge in [-0.25, -0.2) is 0 Å². The van der Waals surface area contributed by atoms with Crippen molar-refractivity contribution in [3.63, 3.8) is 0 Å². The van der Waals surface area contributed by atoms with Crippen molar-refractivity contribution >= 4 is 5.91 Å². The molecule has 1 aromatic heterocycles. The Morgan fingerprint density at radius 2 is 2.11 bits per heavy atom. The molecule has 3 rings (SSSR count). The highest BCUT2D eigenvalue weighted by Crippen LogP contribution is 2.25. The Hall–Kier alpha value is -2.44. The van der Waals surface area contributed by atoms with E-state index in [0.29, 0.717) is 26.3 Å². The first-order valence-electron chi connectivity index (χ1n) is 9.86. The average Bonchev–Trinajstić information content (AvgIpc) is 2.75. The number of benzene rings is 1. The second-order valence-corrected chi connectivity index (χ2v) is 6.95. The van der Waals surface area contributed by atoms with Crippen LogP contribution in [0.2, 0.25) is 0 Å². The second kappa shape index (κ2) is 10.2. The zero-order valence-electron chi connectivity index (χ0n) is 16.7. The molecule has 2 heterocycles. The van der Waals surface area contributed by atoms with Crippen molar-refractivity contribution in [2.75, 3.05) is 40.0 Å². The van der Waals surface area contributed by atoms with E-state index in [9.17, 15) is 4.79 Å². The number of morpholine rings is 1. The summed E-state index contributed by atoms with van der Waals surface area (Å²) in [4.78, 5) is 22.1. The molecular formula is C22H29N3O3. The number of carbonyl (C=O) groups is 1. The lowest BCUT2D eigenvalue weighted by atomic mass is 10.0. The number of rotatable bonds is 8. The minimum atomic E-state index is -0.338. The molecule has 6 heteroatoms. The molecule has 1 saturated heterocycles. The zero-order chi connectivity index (χ0) is 19.8. The molecule has 0 N–H and O–H groups in total. The second-order valence-electron chi connectivity index (χ2n) is 6.95. The van der Waals surface area contributed by atoms with Crippen LogP contribution in [-0.2, 0) is 16.1 Å². The van der Waals surface area contributed by atoms with Crippen LogP contribution in [0.25, 0.3) is 0 Å². The first kappa shape index (κ1) is 20.3. The molecule has 6 nitrogen and oxygen atoms in total. The Morgan fingerprint density at radius 1 is 1.29 bits per heavy atom. The number of aromatic nitrogens is 1. The number of methoxy groups -OCH3 is 1. The number of ether oxygens (including phenoxy) is 2. The molecule has 0 radical (unpaired) electrons. The summed E-state index contributed by atoms with van der Waals surface area (Å²) < 4.78 is 10.8. The lowest BCUT2D eigenvalue weighted by Crippen LogP contribution is -2.47. The number of hydrogen-bond acceptors (Lipinski definition) is 5. The number of amides is 1. The van der Waals surface area contributed by atoms with Crippen LogP contribution < -0.4 is 4.74 Å². The molecule has 0 unspecified atom stereocenters. The van der Waals surface area contributed by atoms with Crippen molar-refractivity contribution in [2.24, 2.45) is 0 Å². The molecule has 1 aliphatic rings.